The molecule has 2 heterocycles. The number of imide groups is 1. The van der Waals surface area contributed by atoms with E-state index in [0.717, 1.165) is 24.4 Å². The van der Waals surface area contributed by atoms with Crippen LogP contribution in [0.2, 0.25) is 0 Å². The van der Waals surface area contributed by atoms with E-state index in [-0.39, 0.29) is 17.9 Å². The summed E-state index contributed by atoms with van der Waals surface area (Å²) in [7, 11) is 3.61. The van der Waals surface area contributed by atoms with E-state index < -0.39 is 0 Å². The summed E-state index contributed by atoms with van der Waals surface area (Å²) in [6, 6.07) is 12.9. The highest BCUT2D eigenvalue weighted by Crippen LogP contribution is 2.39. The highest BCUT2D eigenvalue weighted by atomic mass is 16.5. The molecule has 2 amide bonds. The van der Waals surface area contributed by atoms with Crippen LogP contribution >= 0.6 is 0 Å². The number of ether oxygens (including phenoxy) is 2. The summed E-state index contributed by atoms with van der Waals surface area (Å²) < 4.78 is 11.3. The molecule has 0 atom stereocenters. The van der Waals surface area contributed by atoms with Crippen molar-refractivity contribution < 1.29 is 19.1 Å². The molecule has 0 bridgehead atoms. The van der Waals surface area contributed by atoms with Gasteiger partial charge in [0.15, 0.2) is 0 Å². The van der Waals surface area contributed by atoms with E-state index in [1.165, 1.54) is 4.90 Å². The largest absolute Gasteiger partial charge is 0.495 e. The molecule has 0 unspecified atom stereocenters. The van der Waals surface area contributed by atoms with Gasteiger partial charge in [0, 0.05) is 26.2 Å². The minimum atomic E-state index is -0.338. The Balaban J connectivity index is 1.80. The van der Waals surface area contributed by atoms with Crippen LogP contribution in [0.3, 0.4) is 0 Å². The SMILES string of the molecule is COc1ccc(C)cc1N1C(=O)C(c2ccc(OC(C)C)cc2)=C(N2CCN(C)CC2)C1=O. The maximum absolute atomic E-state index is 13.8. The maximum atomic E-state index is 13.8. The number of hydrogen-bond donors (Lipinski definition) is 0. The molecule has 0 aliphatic carbocycles. The molecular weight excluding hydrogens is 418 g/mol. The smallest absolute Gasteiger partial charge is 0.282 e. The maximum Gasteiger partial charge on any atom is 0.282 e. The number of hydrogen-bond acceptors (Lipinski definition) is 6. The van der Waals surface area contributed by atoms with Gasteiger partial charge in [-0.25, -0.2) is 4.90 Å². The topological polar surface area (TPSA) is 62.3 Å². The number of benzene rings is 2. The van der Waals surface area contributed by atoms with Crippen molar-refractivity contribution in [3.63, 3.8) is 0 Å². The molecular formula is C26H31N3O4. The van der Waals surface area contributed by atoms with E-state index in [2.05, 4.69) is 11.9 Å². The Labute approximate surface area is 195 Å². The van der Waals surface area contributed by atoms with Crippen molar-refractivity contribution in [2.24, 2.45) is 0 Å². The van der Waals surface area contributed by atoms with E-state index in [1.54, 1.807) is 13.2 Å². The Hall–Kier alpha value is -3.32. The normalized spacial score (nSPS) is 17.4. The first-order chi connectivity index (χ1) is 15.8. The molecule has 7 nitrogen and oxygen atoms in total. The zero-order chi connectivity index (χ0) is 23.7. The third kappa shape index (κ3) is 4.46. The third-order valence-corrected chi connectivity index (χ3v) is 5.97. The van der Waals surface area contributed by atoms with Crippen LogP contribution in [0.5, 0.6) is 11.5 Å². The molecule has 33 heavy (non-hydrogen) atoms. The average Bonchev–Trinajstić information content (AvgIpc) is 3.04. The Morgan fingerprint density at radius 2 is 1.58 bits per heavy atom. The number of carbonyl (C=O) groups is 2. The molecule has 2 aliphatic heterocycles. The summed E-state index contributed by atoms with van der Waals surface area (Å²) in [4.78, 5) is 33.1. The summed E-state index contributed by atoms with van der Waals surface area (Å²) in [5, 5.41) is 0. The minimum absolute atomic E-state index is 0.0509. The van der Waals surface area contributed by atoms with Crippen molar-refractivity contribution in [3.05, 3.63) is 59.3 Å². The molecule has 4 rings (SSSR count). The molecule has 0 N–H and O–H groups in total. The molecule has 0 spiro atoms. The molecule has 0 aromatic heterocycles. The number of rotatable bonds is 6. The van der Waals surface area contributed by atoms with Gasteiger partial charge in [0.25, 0.3) is 11.8 Å². The lowest BCUT2D eigenvalue weighted by Gasteiger charge is -2.34. The molecule has 2 aromatic carbocycles. The molecule has 7 heteroatoms. The fourth-order valence-corrected chi connectivity index (χ4v) is 4.27. The quantitative estimate of drug-likeness (QED) is 0.631. The average molecular weight is 450 g/mol. The third-order valence-electron chi connectivity index (χ3n) is 5.97. The molecule has 0 saturated carbocycles. The summed E-state index contributed by atoms with van der Waals surface area (Å²) >= 11 is 0. The number of piperazine rings is 1. The van der Waals surface area contributed by atoms with Crippen molar-refractivity contribution in [3.8, 4) is 11.5 Å². The Bertz CT molecular complexity index is 1080. The first kappa shape index (κ1) is 22.9. The summed E-state index contributed by atoms with van der Waals surface area (Å²) in [5.41, 5.74) is 2.98. The lowest BCUT2D eigenvalue weighted by atomic mass is 10.0. The van der Waals surface area contributed by atoms with Crippen molar-refractivity contribution in [1.29, 1.82) is 0 Å². The number of likely N-dealkylation sites (N-methyl/N-ethyl adjacent to an activating group) is 1. The van der Waals surface area contributed by atoms with Gasteiger partial charge in [-0.1, -0.05) is 18.2 Å². The van der Waals surface area contributed by atoms with Crippen molar-refractivity contribution in [1.82, 2.24) is 9.80 Å². The molecule has 1 fully saturated rings. The second kappa shape index (κ2) is 9.27. The second-order valence-corrected chi connectivity index (χ2v) is 8.83. The van der Waals surface area contributed by atoms with Crippen LogP contribution in [-0.2, 0) is 9.59 Å². The first-order valence-electron chi connectivity index (χ1n) is 11.3. The van der Waals surface area contributed by atoms with Crippen LogP contribution in [-0.4, -0.2) is 68.1 Å². The number of amides is 2. The van der Waals surface area contributed by atoms with Crippen LogP contribution in [0.25, 0.3) is 5.57 Å². The Morgan fingerprint density at radius 3 is 2.18 bits per heavy atom. The fraction of sp³-hybridized carbons (Fsp3) is 0.385. The van der Waals surface area contributed by atoms with Gasteiger partial charge in [0.05, 0.1) is 24.5 Å². The first-order valence-corrected chi connectivity index (χ1v) is 11.3. The predicted octanol–water partition coefficient (Wildman–Crippen LogP) is 3.32. The molecule has 2 aromatic rings. The van der Waals surface area contributed by atoms with Crippen LogP contribution in [0.1, 0.15) is 25.0 Å². The minimum Gasteiger partial charge on any atom is -0.495 e. The molecule has 2 aliphatic rings. The van der Waals surface area contributed by atoms with Crippen molar-refractivity contribution in [2.75, 3.05) is 45.2 Å². The van der Waals surface area contributed by atoms with Crippen molar-refractivity contribution in [2.45, 2.75) is 26.9 Å². The van der Waals surface area contributed by atoms with E-state index in [0.29, 0.717) is 41.4 Å². The Kier molecular flexibility index (Phi) is 6.42. The van der Waals surface area contributed by atoms with Crippen molar-refractivity contribution >= 4 is 23.1 Å². The lowest BCUT2D eigenvalue weighted by molar-refractivity contribution is -0.120. The molecule has 0 radical (unpaired) electrons. The van der Waals surface area contributed by atoms with Gasteiger partial charge in [-0.3, -0.25) is 9.59 Å². The summed E-state index contributed by atoms with van der Waals surface area (Å²) in [5.74, 6) is 0.563. The van der Waals surface area contributed by atoms with Gasteiger partial charge >= 0.3 is 0 Å². The number of nitrogens with zero attached hydrogens (tertiary/aromatic N) is 3. The number of aryl methyl sites for hydroxylation is 1. The lowest BCUT2D eigenvalue weighted by Crippen LogP contribution is -2.46. The number of methoxy groups -OCH3 is 1. The summed E-state index contributed by atoms with van der Waals surface area (Å²) in [6.07, 6.45) is 0.0509. The molecule has 174 valence electrons. The Morgan fingerprint density at radius 1 is 0.909 bits per heavy atom. The fourth-order valence-electron chi connectivity index (χ4n) is 4.27. The van der Waals surface area contributed by atoms with E-state index >= 15 is 0 Å². The van der Waals surface area contributed by atoms with Gasteiger partial charge in [-0.2, -0.15) is 0 Å². The standard InChI is InChI=1S/C26H31N3O4/c1-17(2)33-20-9-7-19(8-10-20)23-24(28-14-12-27(4)13-15-28)26(31)29(25(23)30)21-16-18(3)6-11-22(21)32-5/h6-11,16-17H,12-15H2,1-5H3. The summed E-state index contributed by atoms with van der Waals surface area (Å²) in [6.45, 7) is 8.88. The monoisotopic (exact) mass is 449 g/mol. The van der Waals surface area contributed by atoms with Crippen LogP contribution in [0.15, 0.2) is 48.2 Å². The highest BCUT2D eigenvalue weighted by Gasteiger charge is 2.44. The van der Waals surface area contributed by atoms with E-state index in [9.17, 15) is 9.59 Å². The van der Waals surface area contributed by atoms with E-state index in [4.69, 9.17) is 9.47 Å². The predicted molar refractivity (Wildman–Crippen MR) is 128 cm³/mol. The van der Waals surface area contributed by atoms with Gasteiger partial charge in [-0.15, -0.1) is 0 Å². The van der Waals surface area contributed by atoms with E-state index in [1.807, 2.05) is 62.1 Å². The van der Waals surface area contributed by atoms with Crippen LogP contribution in [0, 0.1) is 6.92 Å². The van der Waals surface area contributed by atoms with Crippen LogP contribution < -0.4 is 14.4 Å². The zero-order valence-corrected chi connectivity index (χ0v) is 19.9. The van der Waals surface area contributed by atoms with Gasteiger partial charge in [-0.05, 0) is 63.2 Å². The zero-order valence-electron chi connectivity index (χ0n) is 19.9. The number of carbonyl (C=O) groups excluding carboxylic acids is 2. The molecule has 1 saturated heterocycles. The van der Waals surface area contributed by atoms with Gasteiger partial charge in [0.2, 0.25) is 0 Å². The number of anilines is 1. The van der Waals surface area contributed by atoms with Gasteiger partial charge < -0.3 is 19.3 Å². The highest BCUT2D eigenvalue weighted by molar-refractivity contribution is 6.45. The second-order valence-electron chi connectivity index (χ2n) is 8.83. The van der Waals surface area contributed by atoms with Gasteiger partial charge in [0.1, 0.15) is 17.2 Å². The van der Waals surface area contributed by atoms with Crippen LogP contribution in [0.4, 0.5) is 5.69 Å².